The van der Waals surface area contributed by atoms with Crippen LogP contribution >= 0.6 is 34.8 Å². The number of carbonyl (C=O) groups excluding carboxylic acids is 1. The number of halogens is 3. The Labute approximate surface area is 176 Å². The molecule has 2 heterocycles. The number of aromatic amines is 1. The summed E-state index contributed by atoms with van der Waals surface area (Å²) in [4.78, 5) is 14.8. The minimum absolute atomic E-state index is 0.0352. The molecule has 0 aliphatic carbocycles. The first kappa shape index (κ1) is 19.1. The van der Waals surface area contributed by atoms with Gasteiger partial charge in [-0.25, -0.2) is 0 Å². The summed E-state index contributed by atoms with van der Waals surface area (Å²) in [5.41, 5.74) is 2.85. The van der Waals surface area contributed by atoms with Crippen LogP contribution in [0.3, 0.4) is 0 Å². The Morgan fingerprint density at radius 3 is 2.64 bits per heavy atom. The van der Waals surface area contributed by atoms with Crippen molar-refractivity contribution in [2.45, 2.75) is 19.4 Å². The molecule has 28 heavy (non-hydrogen) atoms. The quantitative estimate of drug-likeness (QED) is 0.551. The van der Waals surface area contributed by atoms with Crippen molar-refractivity contribution in [1.29, 1.82) is 0 Å². The molecule has 1 aliphatic rings. The molecule has 2 aromatic carbocycles. The third-order valence-corrected chi connectivity index (χ3v) is 5.78. The molecule has 1 unspecified atom stereocenters. The number of phenols is 1. The smallest absolute Gasteiger partial charge is 0.273 e. The van der Waals surface area contributed by atoms with Crippen molar-refractivity contribution < 1.29 is 9.90 Å². The molecule has 0 spiro atoms. The molecule has 1 atom stereocenters. The molecule has 0 fully saturated rings. The zero-order valence-electron chi connectivity index (χ0n) is 14.8. The standard InChI is InChI=1S/C20H16Cl3N3O2/c1-2-7-26-19(10-3-5-13(22)14(23)8-10)16-17(24-25-18(16)20(26)28)12-9-11(21)4-6-15(12)27/h3-6,8-9,19,27H,2,7H2,1H3,(H,24,25). The van der Waals surface area contributed by atoms with Crippen molar-refractivity contribution in [3.8, 4) is 17.0 Å². The molecule has 8 heteroatoms. The number of hydrogen-bond acceptors (Lipinski definition) is 3. The van der Waals surface area contributed by atoms with E-state index in [2.05, 4.69) is 10.2 Å². The van der Waals surface area contributed by atoms with E-state index in [-0.39, 0.29) is 11.7 Å². The molecule has 0 bridgehead atoms. The number of aromatic nitrogens is 2. The Hall–Kier alpha value is -2.21. The highest BCUT2D eigenvalue weighted by atomic mass is 35.5. The van der Waals surface area contributed by atoms with Crippen molar-refractivity contribution in [2.75, 3.05) is 6.54 Å². The number of carbonyl (C=O) groups is 1. The Kier molecular flexibility index (Phi) is 5.00. The number of benzene rings is 2. The number of aromatic hydroxyl groups is 1. The van der Waals surface area contributed by atoms with Crippen LogP contribution in [0.1, 0.15) is 41.0 Å². The summed E-state index contributed by atoms with van der Waals surface area (Å²) in [6.07, 6.45) is 0.791. The fourth-order valence-electron chi connectivity index (χ4n) is 3.60. The van der Waals surface area contributed by atoms with Gasteiger partial charge >= 0.3 is 0 Å². The highest BCUT2D eigenvalue weighted by molar-refractivity contribution is 6.42. The van der Waals surface area contributed by atoms with Crippen LogP contribution in [0, 0.1) is 0 Å². The molecule has 144 valence electrons. The molecule has 5 nitrogen and oxygen atoms in total. The summed E-state index contributed by atoms with van der Waals surface area (Å²) in [5.74, 6) is -0.110. The summed E-state index contributed by atoms with van der Waals surface area (Å²) in [6, 6.07) is 9.65. The molecule has 0 radical (unpaired) electrons. The molecule has 1 aliphatic heterocycles. The largest absolute Gasteiger partial charge is 0.507 e. The third kappa shape index (κ3) is 3.04. The average Bonchev–Trinajstić information content (AvgIpc) is 3.20. The fraction of sp³-hybridized carbons (Fsp3) is 0.200. The number of hydrogen-bond donors (Lipinski definition) is 2. The number of amides is 1. The molecule has 1 aromatic heterocycles. The van der Waals surface area contributed by atoms with Gasteiger partial charge in [0.1, 0.15) is 17.1 Å². The van der Waals surface area contributed by atoms with Crippen molar-refractivity contribution in [1.82, 2.24) is 15.1 Å². The molecule has 4 rings (SSSR count). The average molecular weight is 437 g/mol. The number of nitrogens with zero attached hydrogens (tertiary/aromatic N) is 2. The van der Waals surface area contributed by atoms with E-state index in [0.717, 1.165) is 12.0 Å². The maximum atomic E-state index is 13.0. The van der Waals surface area contributed by atoms with Gasteiger partial charge in [0.05, 0.1) is 16.1 Å². The van der Waals surface area contributed by atoms with Gasteiger partial charge in [-0.05, 0) is 42.3 Å². The summed E-state index contributed by atoms with van der Waals surface area (Å²) in [6.45, 7) is 2.57. The normalized spacial score (nSPS) is 15.9. The molecular formula is C20H16Cl3N3O2. The lowest BCUT2D eigenvalue weighted by Crippen LogP contribution is -2.30. The lowest BCUT2D eigenvalue weighted by molar-refractivity contribution is 0.0744. The highest BCUT2D eigenvalue weighted by Crippen LogP contribution is 2.45. The van der Waals surface area contributed by atoms with E-state index < -0.39 is 6.04 Å². The van der Waals surface area contributed by atoms with Crippen molar-refractivity contribution >= 4 is 40.7 Å². The van der Waals surface area contributed by atoms with Gasteiger partial charge in [-0.15, -0.1) is 0 Å². The zero-order valence-corrected chi connectivity index (χ0v) is 17.1. The van der Waals surface area contributed by atoms with Gasteiger partial charge in [-0.2, -0.15) is 5.10 Å². The van der Waals surface area contributed by atoms with Gasteiger partial charge in [-0.1, -0.05) is 47.8 Å². The number of fused-ring (bicyclic) bond motifs is 1. The van der Waals surface area contributed by atoms with Gasteiger partial charge in [-0.3, -0.25) is 9.89 Å². The van der Waals surface area contributed by atoms with E-state index in [1.807, 2.05) is 13.0 Å². The van der Waals surface area contributed by atoms with E-state index in [0.29, 0.717) is 44.1 Å². The van der Waals surface area contributed by atoms with E-state index in [1.165, 1.54) is 6.07 Å². The molecule has 3 aromatic rings. The predicted octanol–water partition coefficient (Wildman–Crippen LogP) is 5.70. The van der Waals surface area contributed by atoms with Gasteiger partial charge in [0.15, 0.2) is 0 Å². The first-order valence-corrected chi connectivity index (χ1v) is 9.88. The van der Waals surface area contributed by atoms with Crippen molar-refractivity contribution in [3.05, 3.63) is 68.3 Å². The maximum absolute atomic E-state index is 13.0. The first-order chi connectivity index (χ1) is 13.4. The number of H-pyrrole nitrogens is 1. The van der Waals surface area contributed by atoms with Crippen LogP contribution in [-0.4, -0.2) is 32.7 Å². The number of nitrogens with one attached hydrogen (secondary N) is 1. The number of phenolic OH excluding ortho intramolecular Hbond substituents is 1. The second-order valence-corrected chi connectivity index (χ2v) is 7.85. The van der Waals surface area contributed by atoms with Crippen LogP contribution in [0.2, 0.25) is 15.1 Å². The lowest BCUT2D eigenvalue weighted by atomic mass is 9.95. The van der Waals surface area contributed by atoms with Crippen molar-refractivity contribution in [2.24, 2.45) is 0 Å². The molecule has 1 amide bonds. The monoisotopic (exact) mass is 435 g/mol. The Balaban J connectivity index is 1.94. The van der Waals surface area contributed by atoms with Crippen LogP contribution in [0.25, 0.3) is 11.3 Å². The van der Waals surface area contributed by atoms with E-state index in [4.69, 9.17) is 34.8 Å². The fourth-order valence-corrected chi connectivity index (χ4v) is 4.08. The second-order valence-electron chi connectivity index (χ2n) is 6.60. The number of rotatable bonds is 4. The van der Waals surface area contributed by atoms with Crippen LogP contribution < -0.4 is 0 Å². The molecule has 0 saturated carbocycles. The Morgan fingerprint density at radius 1 is 1.14 bits per heavy atom. The topological polar surface area (TPSA) is 69.2 Å². The predicted molar refractivity (Wildman–Crippen MR) is 110 cm³/mol. The highest BCUT2D eigenvalue weighted by Gasteiger charge is 2.42. The van der Waals surface area contributed by atoms with Crippen LogP contribution in [0.4, 0.5) is 0 Å². The van der Waals surface area contributed by atoms with Crippen molar-refractivity contribution in [3.63, 3.8) is 0 Å². The summed E-state index contributed by atoms with van der Waals surface area (Å²) in [7, 11) is 0. The van der Waals surface area contributed by atoms with Gasteiger partial charge in [0.25, 0.3) is 5.91 Å². The van der Waals surface area contributed by atoms with Crippen LogP contribution in [0.5, 0.6) is 5.75 Å². The first-order valence-electron chi connectivity index (χ1n) is 8.75. The SMILES string of the molecule is CCCN1C(=O)c2[nH]nc(-c3cc(Cl)ccc3O)c2C1c1ccc(Cl)c(Cl)c1. The van der Waals surface area contributed by atoms with Gasteiger partial charge in [0.2, 0.25) is 0 Å². The summed E-state index contributed by atoms with van der Waals surface area (Å²) in [5, 5.41) is 18.8. The summed E-state index contributed by atoms with van der Waals surface area (Å²) >= 11 is 18.4. The van der Waals surface area contributed by atoms with Crippen LogP contribution in [-0.2, 0) is 0 Å². The molecule has 0 saturated heterocycles. The van der Waals surface area contributed by atoms with E-state index in [9.17, 15) is 9.90 Å². The zero-order chi connectivity index (χ0) is 20.0. The van der Waals surface area contributed by atoms with E-state index in [1.54, 1.807) is 29.2 Å². The second kappa shape index (κ2) is 7.32. The Bertz CT molecular complexity index is 1080. The van der Waals surface area contributed by atoms with Gasteiger partial charge in [0, 0.05) is 22.7 Å². The maximum Gasteiger partial charge on any atom is 0.273 e. The van der Waals surface area contributed by atoms with E-state index >= 15 is 0 Å². The minimum atomic E-state index is -0.399. The molecular weight excluding hydrogens is 421 g/mol. The van der Waals surface area contributed by atoms with Gasteiger partial charge < -0.3 is 10.0 Å². The molecule has 2 N–H and O–H groups in total. The third-order valence-electron chi connectivity index (χ3n) is 4.80. The minimum Gasteiger partial charge on any atom is -0.507 e. The summed E-state index contributed by atoms with van der Waals surface area (Å²) < 4.78 is 0. The Morgan fingerprint density at radius 2 is 1.93 bits per heavy atom. The lowest BCUT2D eigenvalue weighted by Gasteiger charge is -2.26. The van der Waals surface area contributed by atoms with Crippen LogP contribution in [0.15, 0.2) is 36.4 Å².